The molecule has 3 aromatic rings. The molecule has 0 amide bonds. The first-order chi connectivity index (χ1) is 11.0. The fourth-order valence-electron chi connectivity index (χ4n) is 2.47. The minimum absolute atomic E-state index is 0.169. The molecule has 0 fully saturated rings. The van der Waals surface area contributed by atoms with Crippen molar-refractivity contribution in [2.75, 3.05) is 0 Å². The van der Waals surface area contributed by atoms with Crippen LogP contribution >= 0.6 is 11.3 Å². The summed E-state index contributed by atoms with van der Waals surface area (Å²) in [6.45, 7) is 5.66. The van der Waals surface area contributed by atoms with E-state index in [2.05, 4.69) is 11.6 Å². The number of para-hydroxylation sites is 1. The van der Waals surface area contributed by atoms with Crippen molar-refractivity contribution in [3.05, 3.63) is 72.3 Å². The predicted molar refractivity (Wildman–Crippen MR) is 95.6 cm³/mol. The topological polar surface area (TPSA) is 47.0 Å². The highest BCUT2D eigenvalue weighted by atomic mass is 32.2. The molecule has 1 heterocycles. The average Bonchev–Trinajstić information content (AvgIpc) is 2.98. The fourth-order valence-corrected chi connectivity index (χ4v) is 5.66. The summed E-state index contributed by atoms with van der Waals surface area (Å²) in [6.07, 6.45) is 0.411. The molecule has 0 aliphatic carbocycles. The average molecular weight is 343 g/mol. The summed E-state index contributed by atoms with van der Waals surface area (Å²) >= 11 is 1.22. The highest BCUT2D eigenvalue weighted by Gasteiger charge is 2.31. The molecule has 0 spiro atoms. The summed E-state index contributed by atoms with van der Waals surface area (Å²) in [4.78, 5) is 4.32. The van der Waals surface area contributed by atoms with E-state index < -0.39 is 15.1 Å². The molecule has 3 nitrogen and oxygen atoms in total. The van der Waals surface area contributed by atoms with Crippen LogP contribution in [0.3, 0.4) is 0 Å². The first kappa shape index (κ1) is 15.9. The second-order valence-corrected chi connectivity index (χ2v) is 8.85. The van der Waals surface area contributed by atoms with Gasteiger partial charge in [0, 0.05) is 0 Å². The van der Waals surface area contributed by atoms with E-state index in [0.29, 0.717) is 12.0 Å². The van der Waals surface area contributed by atoms with E-state index in [1.54, 1.807) is 6.92 Å². The van der Waals surface area contributed by atoms with Gasteiger partial charge < -0.3 is 0 Å². The van der Waals surface area contributed by atoms with Crippen LogP contribution in [-0.4, -0.2) is 18.7 Å². The van der Waals surface area contributed by atoms with E-state index in [1.165, 1.54) is 11.3 Å². The van der Waals surface area contributed by atoms with Gasteiger partial charge in [-0.25, -0.2) is 13.4 Å². The largest absolute Gasteiger partial charge is 0.225 e. The first-order valence-electron chi connectivity index (χ1n) is 7.27. The summed E-state index contributed by atoms with van der Waals surface area (Å²) in [5.74, 6) is 0. The van der Waals surface area contributed by atoms with Gasteiger partial charge in [-0.2, -0.15) is 0 Å². The lowest BCUT2D eigenvalue weighted by Crippen LogP contribution is -2.25. The number of sulfone groups is 1. The third kappa shape index (κ3) is 3.21. The molecule has 3 rings (SSSR count). The lowest BCUT2D eigenvalue weighted by Gasteiger charge is -2.16. The molecule has 0 aliphatic heterocycles. The Kier molecular flexibility index (Phi) is 4.33. The molecule has 1 aromatic heterocycles. The van der Waals surface area contributed by atoms with Crippen molar-refractivity contribution in [1.82, 2.24) is 4.98 Å². The Morgan fingerprint density at radius 2 is 1.78 bits per heavy atom. The first-order valence-corrected chi connectivity index (χ1v) is 9.63. The highest BCUT2D eigenvalue weighted by Crippen LogP contribution is 2.30. The van der Waals surface area contributed by atoms with E-state index in [4.69, 9.17) is 0 Å². The number of rotatable bonds is 5. The van der Waals surface area contributed by atoms with Gasteiger partial charge >= 0.3 is 0 Å². The zero-order valence-electron chi connectivity index (χ0n) is 12.8. The number of benzene rings is 2. The van der Waals surface area contributed by atoms with Gasteiger partial charge in [0.1, 0.15) is 0 Å². The number of aromatic nitrogens is 1. The minimum atomic E-state index is -3.55. The van der Waals surface area contributed by atoms with Gasteiger partial charge in [-0.1, -0.05) is 54.6 Å². The Balaban J connectivity index is 2.02. The molecular formula is C18H17NO2S2. The molecule has 0 radical (unpaired) electrons. The fraction of sp³-hybridized carbons (Fsp3) is 0.167. The molecule has 5 heteroatoms. The van der Waals surface area contributed by atoms with Crippen molar-refractivity contribution < 1.29 is 8.42 Å². The van der Waals surface area contributed by atoms with E-state index >= 15 is 0 Å². The van der Waals surface area contributed by atoms with Crippen LogP contribution in [0.5, 0.6) is 0 Å². The highest BCUT2D eigenvalue weighted by molar-refractivity contribution is 7.94. The smallest absolute Gasteiger partial charge is 0.212 e. The molecule has 23 heavy (non-hydrogen) atoms. The van der Waals surface area contributed by atoms with Crippen LogP contribution in [0.2, 0.25) is 0 Å². The molecule has 0 saturated carbocycles. The number of hydrogen-bond donors (Lipinski definition) is 0. The molecule has 0 bridgehead atoms. The lowest BCUT2D eigenvalue weighted by atomic mass is 10.1. The van der Waals surface area contributed by atoms with Crippen LogP contribution in [0.15, 0.2) is 71.1 Å². The Morgan fingerprint density at radius 1 is 1.13 bits per heavy atom. The number of hydrogen-bond acceptors (Lipinski definition) is 4. The third-order valence-electron chi connectivity index (χ3n) is 3.71. The minimum Gasteiger partial charge on any atom is -0.225 e. The van der Waals surface area contributed by atoms with Crippen molar-refractivity contribution in [2.45, 2.75) is 22.9 Å². The number of fused-ring (bicyclic) bond motifs is 1. The molecule has 1 unspecified atom stereocenters. The summed E-state index contributed by atoms with van der Waals surface area (Å²) in [5.41, 5.74) is 2.33. The number of nitrogens with zero attached hydrogens (tertiary/aromatic N) is 1. The van der Waals surface area contributed by atoms with Gasteiger partial charge in [-0.15, -0.1) is 11.3 Å². The van der Waals surface area contributed by atoms with Gasteiger partial charge in [0.05, 0.1) is 15.5 Å². The van der Waals surface area contributed by atoms with Gasteiger partial charge in [0.15, 0.2) is 0 Å². The molecule has 1 atom stereocenters. The molecule has 0 saturated heterocycles. The Labute approximate surface area is 140 Å². The van der Waals surface area contributed by atoms with Crippen LogP contribution in [0.4, 0.5) is 0 Å². The van der Waals surface area contributed by atoms with Gasteiger partial charge in [-0.3, -0.25) is 0 Å². The zero-order chi connectivity index (χ0) is 16.4. The van der Waals surface area contributed by atoms with Gasteiger partial charge in [0.2, 0.25) is 14.2 Å². The van der Waals surface area contributed by atoms with Crippen molar-refractivity contribution in [3.8, 4) is 0 Å². The summed E-state index contributed by atoms with van der Waals surface area (Å²) in [7, 11) is -3.55. The van der Waals surface area contributed by atoms with Crippen LogP contribution in [-0.2, 0) is 16.3 Å². The molecule has 118 valence electrons. The Hall–Kier alpha value is -1.98. The SMILES string of the molecule is C=C(C)C(Cc1ccccc1)S(=O)(=O)c1nc2ccccc2s1. The van der Waals surface area contributed by atoms with Crippen LogP contribution in [0.1, 0.15) is 12.5 Å². The monoisotopic (exact) mass is 343 g/mol. The Morgan fingerprint density at radius 3 is 2.43 bits per heavy atom. The van der Waals surface area contributed by atoms with Crippen molar-refractivity contribution in [3.63, 3.8) is 0 Å². The predicted octanol–water partition coefficient (Wildman–Crippen LogP) is 4.26. The molecule has 2 aromatic carbocycles. The zero-order valence-corrected chi connectivity index (χ0v) is 14.4. The van der Waals surface area contributed by atoms with Crippen LogP contribution in [0, 0.1) is 0 Å². The summed E-state index contributed by atoms with van der Waals surface area (Å²) in [6, 6.07) is 17.1. The molecular weight excluding hydrogens is 326 g/mol. The van der Waals surface area contributed by atoms with E-state index in [9.17, 15) is 8.42 Å². The van der Waals surface area contributed by atoms with Crippen LogP contribution in [0.25, 0.3) is 10.2 Å². The third-order valence-corrected chi connectivity index (χ3v) is 7.38. The maximum absolute atomic E-state index is 13.0. The second-order valence-electron chi connectivity index (χ2n) is 5.52. The number of thiazole rings is 1. The maximum atomic E-state index is 13.0. The Bertz CT molecular complexity index is 910. The quantitative estimate of drug-likeness (QED) is 0.650. The van der Waals surface area contributed by atoms with E-state index in [-0.39, 0.29) is 4.34 Å². The normalized spacial score (nSPS) is 13.1. The summed E-state index contributed by atoms with van der Waals surface area (Å²) in [5, 5.41) is -0.662. The molecule has 0 N–H and O–H groups in total. The molecule has 0 aliphatic rings. The van der Waals surface area contributed by atoms with E-state index in [0.717, 1.165) is 15.8 Å². The van der Waals surface area contributed by atoms with Gasteiger partial charge in [-0.05, 0) is 31.0 Å². The summed E-state index contributed by atoms with van der Waals surface area (Å²) < 4.78 is 27.1. The van der Waals surface area contributed by atoms with Crippen LogP contribution < -0.4 is 0 Å². The van der Waals surface area contributed by atoms with Crippen molar-refractivity contribution in [2.24, 2.45) is 0 Å². The second kappa shape index (κ2) is 6.26. The standard InChI is InChI=1S/C18H17NO2S2/c1-13(2)17(12-14-8-4-3-5-9-14)23(20,21)18-19-15-10-6-7-11-16(15)22-18/h3-11,17H,1,12H2,2H3. The van der Waals surface area contributed by atoms with Gasteiger partial charge in [0.25, 0.3) is 0 Å². The van der Waals surface area contributed by atoms with Crippen molar-refractivity contribution >= 4 is 31.4 Å². The lowest BCUT2D eigenvalue weighted by molar-refractivity contribution is 0.584. The maximum Gasteiger partial charge on any atom is 0.212 e. The van der Waals surface area contributed by atoms with E-state index in [1.807, 2.05) is 54.6 Å². The van der Waals surface area contributed by atoms with Crippen molar-refractivity contribution in [1.29, 1.82) is 0 Å².